The van der Waals surface area contributed by atoms with Gasteiger partial charge >= 0.3 is 6.09 Å². The van der Waals surface area contributed by atoms with Crippen LogP contribution in [0.15, 0.2) is 27.8 Å². The summed E-state index contributed by atoms with van der Waals surface area (Å²) in [4.78, 5) is 18.6. The highest BCUT2D eigenvalue weighted by Crippen LogP contribution is 2.43. The molecule has 3 rings (SSSR count). The van der Waals surface area contributed by atoms with Gasteiger partial charge in [-0.15, -0.1) is 24.0 Å². The second kappa shape index (κ2) is 12.4. The Bertz CT molecular complexity index is 648. The van der Waals surface area contributed by atoms with Crippen LogP contribution >= 0.6 is 24.0 Å². The minimum atomic E-state index is -0.203. The molecule has 0 bridgehead atoms. The number of nitrogens with zero attached hydrogens (tertiary/aromatic N) is 2. The Morgan fingerprint density at radius 2 is 2.10 bits per heavy atom. The molecule has 2 fully saturated rings. The molecule has 170 valence electrons. The largest absolute Gasteiger partial charge is 0.469 e. The van der Waals surface area contributed by atoms with Crippen molar-refractivity contribution in [3.8, 4) is 0 Å². The molecule has 1 aliphatic heterocycles. The molecule has 30 heavy (non-hydrogen) atoms. The number of rotatable bonds is 8. The topological polar surface area (TPSA) is 79.1 Å². The maximum absolute atomic E-state index is 11.9. The Kier molecular flexibility index (Phi) is 10.3. The zero-order valence-electron chi connectivity index (χ0n) is 18.3. The van der Waals surface area contributed by atoms with Crippen LogP contribution in [0.5, 0.6) is 0 Å². The molecular weight excluding hydrogens is 495 g/mol. The third-order valence-corrected chi connectivity index (χ3v) is 6.34. The van der Waals surface area contributed by atoms with Crippen LogP contribution < -0.4 is 10.6 Å². The van der Waals surface area contributed by atoms with E-state index in [0.29, 0.717) is 18.1 Å². The van der Waals surface area contributed by atoms with Gasteiger partial charge in [-0.1, -0.05) is 13.3 Å². The van der Waals surface area contributed by atoms with Crippen LogP contribution in [0, 0.1) is 5.41 Å². The second-order valence-corrected chi connectivity index (χ2v) is 8.23. The van der Waals surface area contributed by atoms with E-state index < -0.39 is 0 Å². The van der Waals surface area contributed by atoms with E-state index in [1.165, 1.54) is 25.7 Å². The maximum Gasteiger partial charge on any atom is 0.409 e. The Morgan fingerprint density at radius 3 is 2.67 bits per heavy atom. The number of hydrogen-bond acceptors (Lipinski definition) is 4. The van der Waals surface area contributed by atoms with Crippen molar-refractivity contribution in [2.24, 2.45) is 10.4 Å². The minimum absolute atomic E-state index is 0. The summed E-state index contributed by atoms with van der Waals surface area (Å²) < 4.78 is 10.5. The summed E-state index contributed by atoms with van der Waals surface area (Å²) in [6.45, 7) is 7.63. The second-order valence-electron chi connectivity index (χ2n) is 8.23. The number of furan rings is 1. The van der Waals surface area contributed by atoms with Gasteiger partial charge in [-0.3, -0.25) is 4.99 Å². The number of halogens is 1. The van der Waals surface area contributed by atoms with Crippen LogP contribution in [0.1, 0.15) is 58.1 Å². The van der Waals surface area contributed by atoms with Gasteiger partial charge in [0.1, 0.15) is 5.76 Å². The molecule has 1 saturated carbocycles. The SMILES string of the molecule is CCOC(=O)N1CCC(NC(=NCC2(CC)CCC2)NCCc2ccco2)CC1.I. The maximum atomic E-state index is 11.9. The average molecular weight is 532 g/mol. The third-order valence-electron chi connectivity index (χ3n) is 6.34. The molecular formula is C22H37IN4O3. The van der Waals surface area contributed by atoms with Crippen LogP contribution in [0.4, 0.5) is 4.79 Å². The number of ether oxygens (including phenoxy) is 1. The fourth-order valence-corrected chi connectivity index (χ4v) is 4.07. The number of nitrogens with one attached hydrogen (secondary N) is 2. The summed E-state index contributed by atoms with van der Waals surface area (Å²) in [6, 6.07) is 4.23. The molecule has 1 amide bonds. The lowest BCUT2D eigenvalue weighted by Crippen LogP contribution is -2.50. The van der Waals surface area contributed by atoms with Crippen LogP contribution in [-0.2, 0) is 11.2 Å². The molecule has 1 saturated heterocycles. The van der Waals surface area contributed by atoms with Crippen LogP contribution in [0.25, 0.3) is 0 Å². The molecule has 2 N–H and O–H groups in total. The van der Waals surface area contributed by atoms with E-state index >= 15 is 0 Å². The molecule has 1 aromatic heterocycles. The van der Waals surface area contributed by atoms with E-state index in [0.717, 1.165) is 57.2 Å². The highest BCUT2D eigenvalue weighted by atomic mass is 127. The van der Waals surface area contributed by atoms with Gasteiger partial charge < -0.3 is 24.7 Å². The molecule has 0 unspecified atom stereocenters. The molecule has 2 heterocycles. The van der Waals surface area contributed by atoms with E-state index in [4.69, 9.17) is 14.1 Å². The summed E-state index contributed by atoms with van der Waals surface area (Å²) in [5, 5.41) is 7.08. The smallest absolute Gasteiger partial charge is 0.409 e. The molecule has 1 aliphatic carbocycles. The number of aliphatic imine (C=N–C) groups is 1. The predicted octanol–water partition coefficient (Wildman–Crippen LogP) is 4.18. The number of carbonyl (C=O) groups excluding carboxylic acids is 1. The average Bonchev–Trinajstić information content (AvgIpc) is 3.21. The van der Waals surface area contributed by atoms with Crippen molar-refractivity contribution in [2.75, 3.05) is 32.8 Å². The zero-order chi connectivity index (χ0) is 20.5. The molecule has 0 spiro atoms. The third kappa shape index (κ3) is 7.06. The zero-order valence-corrected chi connectivity index (χ0v) is 20.7. The van der Waals surface area contributed by atoms with Gasteiger partial charge in [0.25, 0.3) is 0 Å². The summed E-state index contributed by atoms with van der Waals surface area (Å²) in [5.41, 5.74) is 0.392. The van der Waals surface area contributed by atoms with Gasteiger partial charge in [-0.25, -0.2) is 4.79 Å². The lowest BCUT2D eigenvalue weighted by molar-refractivity contribution is 0.0962. The van der Waals surface area contributed by atoms with Crippen LogP contribution in [0.3, 0.4) is 0 Å². The van der Waals surface area contributed by atoms with Gasteiger partial charge in [-0.05, 0) is 56.6 Å². The van der Waals surface area contributed by atoms with Gasteiger partial charge in [0.05, 0.1) is 12.9 Å². The van der Waals surface area contributed by atoms with E-state index in [2.05, 4.69) is 17.6 Å². The number of amides is 1. The van der Waals surface area contributed by atoms with Crippen molar-refractivity contribution in [3.05, 3.63) is 24.2 Å². The van der Waals surface area contributed by atoms with E-state index in [1.807, 2.05) is 19.1 Å². The first-order valence-electron chi connectivity index (χ1n) is 11.1. The van der Waals surface area contributed by atoms with E-state index in [9.17, 15) is 4.79 Å². The molecule has 1 aromatic rings. The number of hydrogen-bond donors (Lipinski definition) is 2. The first kappa shape index (κ1) is 24.8. The summed E-state index contributed by atoms with van der Waals surface area (Å²) in [5.74, 6) is 1.86. The van der Waals surface area contributed by atoms with Crippen molar-refractivity contribution < 1.29 is 13.9 Å². The molecule has 0 atom stereocenters. The monoisotopic (exact) mass is 532 g/mol. The number of carbonyl (C=O) groups is 1. The van der Waals surface area contributed by atoms with Gasteiger partial charge in [0.2, 0.25) is 0 Å². The van der Waals surface area contributed by atoms with E-state index in [1.54, 1.807) is 11.2 Å². The van der Waals surface area contributed by atoms with Crippen molar-refractivity contribution in [1.29, 1.82) is 0 Å². The normalized spacial score (nSPS) is 18.9. The lowest BCUT2D eigenvalue weighted by atomic mass is 9.67. The summed E-state index contributed by atoms with van der Waals surface area (Å²) >= 11 is 0. The minimum Gasteiger partial charge on any atom is -0.469 e. The Balaban J connectivity index is 0.00000320. The predicted molar refractivity (Wildman–Crippen MR) is 129 cm³/mol. The quantitative estimate of drug-likeness (QED) is 0.299. The Hall–Kier alpha value is -1.45. The Morgan fingerprint density at radius 1 is 1.33 bits per heavy atom. The number of likely N-dealkylation sites (tertiary alicyclic amines) is 1. The van der Waals surface area contributed by atoms with Gasteiger partial charge in [0, 0.05) is 38.6 Å². The van der Waals surface area contributed by atoms with Crippen LogP contribution in [-0.4, -0.2) is 55.8 Å². The molecule has 2 aliphatic rings. The van der Waals surface area contributed by atoms with Crippen molar-refractivity contribution in [2.45, 2.75) is 64.8 Å². The molecule has 0 radical (unpaired) electrons. The molecule has 0 aromatic carbocycles. The van der Waals surface area contributed by atoms with E-state index in [-0.39, 0.29) is 30.1 Å². The van der Waals surface area contributed by atoms with Crippen molar-refractivity contribution in [1.82, 2.24) is 15.5 Å². The Labute approximate surface area is 197 Å². The standard InChI is InChI=1S/C22H36N4O3.HI/c1-3-22(11-6-12-22)17-24-20(23-13-8-19-7-5-16-29-19)25-18-9-14-26(15-10-18)21(27)28-4-2;/h5,7,16,18H,3-4,6,8-15,17H2,1-2H3,(H2,23,24,25);1H. The fraction of sp³-hybridized carbons (Fsp3) is 0.727. The first-order chi connectivity index (χ1) is 14.1. The summed E-state index contributed by atoms with van der Waals surface area (Å²) in [7, 11) is 0. The van der Waals surface area contributed by atoms with Gasteiger partial charge in [0.15, 0.2) is 5.96 Å². The number of guanidine groups is 1. The molecule has 7 nitrogen and oxygen atoms in total. The molecule has 8 heteroatoms. The highest BCUT2D eigenvalue weighted by Gasteiger charge is 2.35. The number of piperidine rings is 1. The lowest BCUT2D eigenvalue weighted by Gasteiger charge is -2.40. The van der Waals surface area contributed by atoms with Crippen molar-refractivity contribution >= 4 is 36.0 Å². The first-order valence-corrected chi connectivity index (χ1v) is 11.1. The van der Waals surface area contributed by atoms with Crippen molar-refractivity contribution in [3.63, 3.8) is 0 Å². The summed E-state index contributed by atoms with van der Waals surface area (Å²) in [6.07, 6.45) is 9.21. The highest BCUT2D eigenvalue weighted by molar-refractivity contribution is 14.0. The van der Waals surface area contributed by atoms with Crippen LogP contribution in [0.2, 0.25) is 0 Å². The van der Waals surface area contributed by atoms with Gasteiger partial charge in [-0.2, -0.15) is 0 Å². The fourth-order valence-electron chi connectivity index (χ4n) is 4.07.